The summed E-state index contributed by atoms with van der Waals surface area (Å²) in [7, 11) is 0. The Bertz CT molecular complexity index is 738. The van der Waals surface area contributed by atoms with E-state index in [0.29, 0.717) is 0 Å². The summed E-state index contributed by atoms with van der Waals surface area (Å²) in [6.07, 6.45) is 2.72. The molecule has 0 fully saturated rings. The highest BCUT2D eigenvalue weighted by molar-refractivity contribution is 9.10. The molecule has 108 valence electrons. The van der Waals surface area contributed by atoms with Crippen LogP contribution in [0.25, 0.3) is 11.0 Å². The van der Waals surface area contributed by atoms with Gasteiger partial charge in [0.25, 0.3) is 0 Å². The molecule has 1 unspecified atom stereocenters. The van der Waals surface area contributed by atoms with E-state index in [1.165, 1.54) is 5.56 Å². The number of benzene rings is 2. The Morgan fingerprint density at radius 2 is 1.90 bits per heavy atom. The minimum atomic E-state index is 0.140. The minimum Gasteiger partial charge on any atom is -0.329 e. The first-order valence-electron chi connectivity index (χ1n) is 6.87. The fourth-order valence-electron chi connectivity index (χ4n) is 2.50. The highest BCUT2D eigenvalue weighted by Gasteiger charge is 2.12. The molecule has 0 aliphatic heterocycles. The number of hydrogen-bond donors (Lipinski definition) is 2. The number of halogens is 1. The van der Waals surface area contributed by atoms with Crippen molar-refractivity contribution in [3.05, 3.63) is 64.9 Å². The lowest BCUT2D eigenvalue weighted by Crippen LogP contribution is -2.40. The van der Waals surface area contributed by atoms with Gasteiger partial charge in [0.15, 0.2) is 0 Å². The Kier molecular flexibility index (Phi) is 4.34. The van der Waals surface area contributed by atoms with E-state index in [0.717, 1.165) is 28.5 Å². The van der Waals surface area contributed by atoms with E-state index in [-0.39, 0.29) is 6.04 Å². The molecule has 1 heterocycles. The molecule has 0 bridgehead atoms. The van der Waals surface area contributed by atoms with Crippen molar-refractivity contribution in [3.63, 3.8) is 0 Å². The lowest BCUT2D eigenvalue weighted by molar-refractivity contribution is 0.460. The first-order chi connectivity index (χ1) is 10.3. The predicted molar refractivity (Wildman–Crippen MR) is 88.7 cm³/mol. The largest absolute Gasteiger partial charge is 0.329 e. The molecule has 0 radical (unpaired) electrons. The van der Waals surface area contributed by atoms with E-state index in [4.69, 9.17) is 5.84 Å². The van der Waals surface area contributed by atoms with Crippen molar-refractivity contribution >= 4 is 27.0 Å². The van der Waals surface area contributed by atoms with Crippen molar-refractivity contribution in [2.45, 2.75) is 19.0 Å². The predicted octanol–water partition coefficient (Wildman–Crippen LogP) is 2.87. The summed E-state index contributed by atoms with van der Waals surface area (Å²) < 4.78 is 3.25. The second-order valence-electron chi connectivity index (χ2n) is 5.04. The molecule has 0 saturated heterocycles. The number of hydrazine groups is 1. The van der Waals surface area contributed by atoms with Crippen molar-refractivity contribution in [1.82, 2.24) is 15.0 Å². The first-order valence-corrected chi connectivity index (χ1v) is 7.66. The van der Waals surface area contributed by atoms with Crippen molar-refractivity contribution in [3.8, 4) is 0 Å². The number of nitrogens with zero attached hydrogens (tertiary/aromatic N) is 2. The average molecular weight is 345 g/mol. The van der Waals surface area contributed by atoms with Gasteiger partial charge in [0.2, 0.25) is 0 Å². The number of rotatable bonds is 5. The van der Waals surface area contributed by atoms with Crippen molar-refractivity contribution in [2.75, 3.05) is 0 Å². The maximum atomic E-state index is 5.73. The van der Waals surface area contributed by atoms with Gasteiger partial charge < -0.3 is 4.57 Å². The maximum Gasteiger partial charge on any atom is 0.0958 e. The SMILES string of the molecule is NNC(Cc1ccccc1Br)Cn1cnc2ccccc21. The van der Waals surface area contributed by atoms with Crippen molar-refractivity contribution < 1.29 is 0 Å². The Labute approximate surface area is 132 Å². The minimum absolute atomic E-state index is 0.140. The number of fused-ring (bicyclic) bond motifs is 1. The fraction of sp³-hybridized carbons (Fsp3) is 0.188. The van der Waals surface area contributed by atoms with Crippen LogP contribution < -0.4 is 11.3 Å². The monoisotopic (exact) mass is 344 g/mol. The standard InChI is InChI=1S/C16H17BrN4/c17-14-6-2-1-5-12(14)9-13(20-18)10-21-11-19-15-7-3-4-8-16(15)21/h1-8,11,13,20H,9-10,18H2. The molecule has 0 spiro atoms. The van der Waals surface area contributed by atoms with E-state index in [1.807, 2.05) is 36.7 Å². The van der Waals surface area contributed by atoms with Gasteiger partial charge in [-0.15, -0.1) is 0 Å². The molecule has 0 aliphatic rings. The number of para-hydroxylation sites is 2. The lowest BCUT2D eigenvalue weighted by Gasteiger charge is -2.18. The van der Waals surface area contributed by atoms with E-state index in [2.05, 4.69) is 49.1 Å². The first kappa shape index (κ1) is 14.3. The molecule has 21 heavy (non-hydrogen) atoms. The summed E-state index contributed by atoms with van der Waals surface area (Å²) in [5, 5.41) is 0. The molecule has 4 nitrogen and oxygen atoms in total. The number of hydrogen-bond acceptors (Lipinski definition) is 3. The molecule has 3 N–H and O–H groups in total. The van der Waals surface area contributed by atoms with E-state index >= 15 is 0 Å². The lowest BCUT2D eigenvalue weighted by atomic mass is 10.1. The Morgan fingerprint density at radius 1 is 1.14 bits per heavy atom. The van der Waals surface area contributed by atoms with Gasteiger partial charge in [-0.05, 0) is 30.2 Å². The van der Waals surface area contributed by atoms with Gasteiger partial charge >= 0.3 is 0 Å². The van der Waals surface area contributed by atoms with Gasteiger partial charge in [0.05, 0.1) is 17.4 Å². The van der Waals surface area contributed by atoms with Gasteiger partial charge in [0.1, 0.15) is 0 Å². The summed E-state index contributed by atoms with van der Waals surface area (Å²) in [4.78, 5) is 4.42. The third kappa shape index (κ3) is 3.15. The zero-order valence-corrected chi connectivity index (χ0v) is 13.1. The normalized spacial score (nSPS) is 12.7. The molecule has 0 aliphatic carbocycles. The molecule has 0 amide bonds. The summed E-state index contributed by atoms with van der Waals surface area (Å²) >= 11 is 3.58. The second-order valence-corrected chi connectivity index (χ2v) is 5.90. The van der Waals surface area contributed by atoms with Crippen LogP contribution in [0.1, 0.15) is 5.56 Å². The van der Waals surface area contributed by atoms with Crippen LogP contribution in [0.4, 0.5) is 0 Å². The third-order valence-corrected chi connectivity index (χ3v) is 4.38. The van der Waals surface area contributed by atoms with Crippen LogP contribution in [0.2, 0.25) is 0 Å². The molecule has 5 heteroatoms. The highest BCUT2D eigenvalue weighted by Crippen LogP contribution is 2.19. The number of imidazole rings is 1. The molecule has 3 rings (SSSR count). The molecule has 1 aromatic heterocycles. The van der Waals surface area contributed by atoms with Gasteiger partial charge in [-0.2, -0.15) is 0 Å². The number of aromatic nitrogens is 2. The van der Waals surface area contributed by atoms with Gasteiger partial charge in [-0.25, -0.2) is 4.98 Å². The van der Waals surface area contributed by atoms with Crippen LogP contribution in [-0.4, -0.2) is 15.6 Å². The van der Waals surface area contributed by atoms with Crippen LogP contribution in [0.15, 0.2) is 59.3 Å². The zero-order valence-electron chi connectivity index (χ0n) is 11.5. The van der Waals surface area contributed by atoms with E-state index in [1.54, 1.807) is 0 Å². The van der Waals surface area contributed by atoms with Crippen LogP contribution >= 0.6 is 15.9 Å². The second kappa shape index (κ2) is 6.39. The number of nitrogens with two attached hydrogens (primary N) is 1. The topological polar surface area (TPSA) is 55.9 Å². The van der Waals surface area contributed by atoms with Crippen molar-refractivity contribution in [2.24, 2.45) is 5.84 Å². The maximum absolute atomic E-state index is 5.73. The molecule has 0 saturated carbocycles. The van der Waals surface area contributed by atoms with Crippen molar-refractivity contribution in [1.29, 1.82) is 0 Å². The third-order valence-electron chi connectivity index (χ3n) is 3.60. The molecular formula is C16H17BrN4. The quantitative estimate of drug-likeness (QED) is 0.552. The highest BCUT2D eigenvalue weighted by atomic mass is 79.9. The summed E-state index contributed by atoms with van der Waals surface area (Å²) in [5.41, 5.74) is 6.29. The Hall–Kier alpha value is -1.69. The Balaban J connectivity index is 1.80. The molecule has 3 aromatic rings. The van der Waals surface area contributed by atoms with Crippen LogP contribution in [0.3, 0.4) is 0 Å². The molecular weight excluding hydrogens is 328 g/mol. The number of nitrogens with one attached hydrogen (secondary N) is 1. The smallest absolute Gasteiger partial charge is 0.0958 e. The average Bonchev–Trinajstić information content (AvgIpc) is 2.92. The van der Waals surface area contributed by atoms with Gasteiger partial charge in [-0.3, -0.25) is 11.3 Å². The molecule has 2 aromatic carbocycles. The summed E-state index contributed by atoms with van der Waals surface area (Å²) in [6.45, 7) is 0.776. The fourth-order valence-corrected chi connectivity index (χ4v) is 2.95. The van der Waals surface area contributed by atoms with Gasteiger partial charge in [0, 0.05) is 17.1 Å². The van der Waals surface area contributed by atoms with Crippen LogP contribution in [-0.2, 0) is 13.0 Å². The summed E-state index contributed by atoms with van der Waals surface area (Å²) in [5.74, 6) is 5.73. The Morgan fingerprint density at radius 3 is 2.71 bits per heavy atom. The molecule has 1 atom stereocenters. The van der Waals surface area contributed by atoms with Crippen LogP contribution in [0, 0.1) is 0 Å². The zero-order chi connectivity index (χ0) is 14.7. The summed E-state index contributed by atoms with van der Waals surface area (Å²) in [6, 6.07) is 16.5. The van der Waals surface area contributed by atoms with E-state index < -0.39 is 0 Å². The van der Waals surface area contributed by atoms with E-state index in [9.17, 15) is 0 Å². The van der Waals surface area contributed by atoms with Gasteiger partial charge in [-0.1, -0.05) is 46.3 Å². The van der Waals surface area contributed by atoms with Crippen LogP contribution in [0.5, 0.6) is 0 Å².